The normalized spacial score (nSPS) is 10.3. The van der Waals surface area contributed by atoms with Crippen LogP contribution in [0.4, 0.5) is 5.69 Å². The number of nitrogens with one attached hydrogen (secondary N) is 2. The van der Waals surface area contributed by atoms with Gasteiger partial charge in [-0.25, -0.2) is 0 Å². The molecule has 25 heavy (non-hydrogen) atoms. The van der Waals surface area contributed by atoms with Crippen molar-refractivity contribution in [3.63, 3.8) is 0 Å². The average Bonchev–Trinajstić information content (AvgIpc) is 3.07. The summed E-state index contributed by atoms with van der Waals surface area (Å²) in [6, 6.07) is 13.9. The first-order chi connectivity index (χ1) is 12.1. The Morgan fingerprint density at radius 1 is 1.08 bits per heavy atom. The van der Waals surface area contributed by atoms with Crippen molar-refractivity contribution < 1.29 is 14.0 Å². The summed E-state index contributed by atoms with van der Waals surface area (Å²) in [4.78, 5) is 28.0. The first-order valence-electron chi connectivity index (χ1n) is 7.46. The lowest BCUT2D eigenvalue weighted by atomic mass is 10.2. The molecule has 2 N–H and O–H groups in total. The summed E-state index contributed by atoms with van der Waals surface area (Å²) in [6.45, 7) is 0.313. The predicted molar refractivity (Wildman–Crippen MR) is 96.2 cm³/mol. The first kappa shape index (κ1) is 16.9. The quantitative estimate of drug-likeness (QED) is 0.685. The standard InChI is InChI=1S/C18H14BrN3O3/c19-16-7-6-15(25-16)18(24)21-10-12-3-1-5-14(9-12)22-17(23)13-4-2-8-20-11-13/h1-9,11H,10H2,(H,21,24)(H,22,23). The van der Waals surface area contributed by atoms with Crippen molar-refractivity contribution in [3.8, 4) is 0 Å². The fraction of sp³-hybridized carbons (Fsp3) is 0.0556. The molecule has 126 valence electrons. The predicted octanol–water partition coefficient (Wildman–Crippen LogP) is 3.62. The third kappa shape index (κ3) is 4.54. The Labute approximate surface area is 152 Å². The van der Waals surface area contributed by atoms with Gasteiger partial charge in [0.2, 0.25) is 0 Å². The maximum absolute atomic E-state index is 12.1. The number of carbonyl (C=O) groups excluding carboxylic acids is 2. The van der Waals surface area contributed by atoms with Crippen LogP contribution in [0.15, 0.2) is 70.0 Å². The molecule has 0 aliphatic rings. The van der Waals surface area contributed by atoms with Crippen LogP contribution in [0.2, 0.25) is 0 Å². The summed E-state index contributed by atoms with van der Waals surface area (Å²) in [5, 5.41) is 5.57. The molecule has 3 rings (SSSR count). The molecular weight excluding hydrogens is 386 g/mol. The monoisotopic (exact) mass is 399 g/mol. The molecule has 0 radical (unpaired) electrons. The molecule has 0 bridgehead atoms. The van der Waals surface area contributed by atoms with E-state index in [0.717, 1.165) is 5.56 Å². The Kier molecular flexibility index (Phi) is 5.25. The summed E-state index contributed by atoms with van der Waals surface area (Å²) in [6.07, 6.45) is 3.11. The lowest BCUT2D eigenvalue weighted by molar-refractivity contribution is 0.0921. The molecule has 2 aromatic heterocycles. The van der Waals surface area contributed by atoms with Crippen LogP contribution < -0.4 is 10.6 Å². The number of benzene rings is 1. The van der Waals surface area contributed by atoms with Gasteiger partial charge in [-0.3, -0.25) is 14.6 Å². The SMILES string of the molecule is O=C(Nc1cccc(CNC(=O)c2ccc(Br)o2)c1)c1cccnc1. The summed E-state index contributed by atoms with van der Waals surface area (Å²) in [5.74, 6) is -0.321. The van der Waals surface area contributed by atoms with Crippen molar-refractivity contribution in [2.24, 2.45) is 0 Å². The number of hydrogen-bond donors (Lipinski definition) is 2. The second kappa shape index (κ2) is 7.76. The molecule has 0 spiro atoms. The van der Waals surface area contributed by atoms with E-state index in [1.54, 1.807) is 42.6 Å². The van der Waals surface area contributed by atoms with Crippen molar-refractivity contribution in [3.05, 3.63) is 82.5 Å². The van der Waals surface area contributed by atoms with Crippen molar-refractivity contribution in [2.45, 2.75) is 6.54 Å². The van der Waals surface area contributed by atoms with E-state index in [-0.39, 0.29) is 17.6 Å². The number of halogens is 1. The van der Waals surface area contributed by atoms with Crippen LogP contribution in [0.5, 0.6) is 0 Å². The fourth-order valence-electron chi connectivity index (χ4n) is 2.17. The summed E-state index contributed by atoms with van der Waals surface area (Å²) < 4.78 is 5.70. The van der Waals surface area contributed by atoms with E-state index in [1.807, 2.05) is 12.1 Å². The van der Waals surface area contributed by atoms with Crippen molar-refractivity contribution in [1.82, 2.24) is 10.3 Å². The van der Waals surface area contributed by atoms with Crippen molar-refractivity contribution >= 4 is 33.4 Å². The third-order valence-corrected chi connectivity index (χ3v) is 3.78. The maximum Gasteiger partial charge on any atom is 0.287 e. The summed E-state index contributed by atoms with van der Waals surface area (Å²) >= 11 is 3.16. The lowest BCUT2D eigenvalue weighted by Gasteiger charge is -2.08. The molecule has 3 aromatic rings. The van der Waals surface area contributed by atoms with Gasteiger partial charge in [0.15, 0.2) is 10.4 Å². The molecule has 6 nitrogen and oxygen atoms in total. The number of anilines is 1. The topological polar surface area (TPSA) is 84.2 Å². The van der Waals surface area contributed by atoms with Gasteiger partial charge in [0.25, 0.3) is 11.8 Å². The van der Waals surface area contributed by atoms with Crippen LogP contribution in [0.1, 0.15) is 26.5 Å². The molecule has 0 fully saturated rings. The maximum atomic E-state index is 12.1. The van der Waals surface area contributed by atoms with Crippen LogP contribution in [0, 0.1) is 0 Å². The number of rotatable bonds is 5. The molecule has 7 heteroatoms. The Morgan fingerprint density at radius 3 is 2.68 bits per heavy atom. The minimum atomic E-state index is -0.310. The van der Waals surface area contributed by atoms with Crippen molar-refractivity contribution in [2.75, 3.05) is 5.32 Å². The zero-order chi connectivity index (χ0) is 17.6. The lowest BCUT2D eigenvalue weighted by Crippen LogP contribution is -2.22. The Hall–Kier alpha value is -2.93. The van der Waals surface area contributed by atoms with Gasteiger partial charge < -0.3 is 15.1 Å². The van der Waals surface area contributed by atoms with Crippen LogP contribution in [-0.4, -0.2) is 16.8 Å². The highest BCUT2D eigenvalue weighted by Crippen LogP contribution is 2.15. The minimum Gasteiger partial charge on any atom is -0.444 e. The van der Waals surface area contributed by atoms with Gasteiger partial charge in [-0.15, -0.1) is 0 Å². The van der Waals surface area contributed by atoms with E-state index in [9.17, 15) is 9.59 Å². The smallest absolute Gasteiger partial charge is 0.287 e. The molecule has 0 atom stereocenters. The van der Waals surface area contributed by atoms with E-state index in [1.165, 1.54) is 6.20 Å². The highest BCUT2D eigenvalue weighted by molar-refractivity contribution is 9.10. The number of aromatic nitrogens is 1. The molecule has 0 aliphatic carbocycles. The number of carbonyl (C=O) groups is 2. The molecule has 1 aromatic carbocycles. The number of hydrogen-bond acceptors (Lipinski definition) is 4. The van der Waals surface area contributed by atoms with Gasteiger partial charge in [0, 0.05) is 24.6 Å². The van der Waals surface area contributed by atoms with Gasteiger partial charge in [-0.1, -0.05) is 12.1 Å². The molecular formula is C18H14BrN3O3. The zero-order valence-electron chi connectivity index (χ0n) is 13.0. The zero-order valence-corrected chi connectivity index (χ0v) is 14.6. The number of furan rings is 1. The highest BCUT2D eigenvalue weighted by Gasteiger charge is 2.10. The van der Waals surface area contributed by atoms with E-state index < -0.39 is 0 Å². The van der Waals surface area contributed by atoms with Gasteiger partial charge >= 0.3 is 0 Å². The summed E-state index contributed by atoms with van der Waals surface area (Å²) in [7, 11) is 0. The molecule has 2 heterocycles. The van der Waals surface area contributed by atoms with Crippen molar-refractivity contribution in [1.29, 1.82) is 0 Å². The highest BCUT2D eigenvalue weighted by atomic mass is 79.9. The number of pyridine rings is 1. The van der Waals surface area contributed by atoms with Crippen LogP contribution in [-0.2, 0) is 6.54 Å². The minimum absolute atomic E-state index is 0.230. The van der Waals surface area contributed by atoms with Crippen LogP contribution in [0.25, 0.3) is 0 Å². The third-order valence-electron chi connectivity index (χ3n) is 3.36. The second-order valence-electron chi connectivity index (χ2n) is 5.18. The first-order valence-corrected chi connectivity index (χ1v) is 8.25. The Morgan fingerprint density at radius 2 is 1.96 bits per heavy atom. The Bertz CT molecular complexity index is 893. The second-order valence-corrected chi connectivity index (χ2v) is 5.96. The largest absolute Gasteiger partial charge is 0.444 e. The average molecular weight is 400 g/mol. The van der Waals surface area contributed by atoms with E-state index in [0.29, 0.717) is 22.5 Å². The van der Waals surface area contributed by atoms with E-state index >= 15 is 0 Å². The number of amides is 2. The summed E-state index contributed by atoms with van der Waals surface area (Å²) in [5.41, 5.74) is 1.97. The molecule has 0 aliphatic heterocycles. The molecule has 0 saturated heterocycles. The van der Waals surface area contributed by atoms with Gasteiger partial charge in [0.05, 0.1) is 5.56 Å². The van der Waals surface area contributed by atoms with Crippen LogP contribution >= 0.6 is 15.9 Å². The van der Waals surface area contributed by atoms with E-state index in [4.69, 9.17) is 4.42 Å². The Balaban J connectivity index is 1.61. The number of nitrogens with zero attached hydrogens (tertiary/aromatic N) is 1. The van der Waals surface area contributed by atoms with Gasteiger partial charge in [-0.05, 0) is 57.9 Å². The van der Waals surface area contributed by atoms with E-state index in [2.05, 4.69) is 31.5 Å². The van der Waals surface area contributed by atoms with Gasteiger partial charge in [0.1, 0.15) is 0 Å². The molecule has 2 amide bonds. The molecule has 0 unspecified atom stereocenters. The molecule has 0 saturated carbocycles. The fourth-order valence-corrected chi connectivity index (χ4v) is 2.47. The van der Waals surface area contributed by atoms with Gasteiger partial charge in [-0.2, -0.15) is 0 Å². The van der Waals surface area contributed by atoms with Crippen LogP contribution in [0.3, 0.4) is 0 Å².